The summed E-state index contributed by atoms with van der Waals surface area (Å²) in [6.45, 7) is 10.3. The summed E-state index contributed by atoms with van der Waals surface area (Å²) >= 11 is 0. The number of ether oxygens (including phenoxy) is 2. The molecule has 0 aliphatic rings. The fourth-order valence-electron chi connectivity index (χ4n) is 4.69. The molecule has 0 aliphatic heterocycles. The molecule has 0 saturated carbocycles. The van der Waals surface area contributed by atoms with Gasteiger partial charge in [-0.3, -0.25) is 0 Å². The molecule has 4 aromatic rings. The number of rotatable bonds is 17. The lowest BCUT2D eigenvalue weighted by atomic mass is 10.1. The number of benzene rings is 3. The van der Waals surface area contributed by atoms with Gasteiger partial charge in [0.2, 0.25) is 17.8 Å². The molecule has 0 spiro atoms. The number of nitrogens with one attached hydrogen (secondary N) is 5. The van der Waals surface area contributed by atoms with Gasteiger partial charge in [-0.1, -0.05) is 98.6 Å². The van der Waals surface area contributed by atoms with Crippen molar-refractivity contribution in [1.82, 2.24) is 25.6 Å². The third-order valence-electron chi connectivity index (χ3n) is 7.07. The third kappa shape index (κ3) is 14.1. The number of alkyl carbamates (subject to hydrolysis) is 2. The molecule has 2 amide bonds. The minimum Gasteiger partial charge on any atom is -0.445 e. The SMILES string of the molecule is CCCCCNc1nc(NCc2cccc(CNC(=O)OCc3ccccc3)c2)nc(NCc2cccc(CNC(=O)OC(C)(C)C)c2)n1. The van der Waals surface area contributed by atoms with Gasteiger partial charge in [0, 0.05) is 32.7 Å². The Bertz CT molecular complexity index is 1630. The second-order valence-corrected chi connectivity index (χ2v) is 12.6. The predicted octanol–water partition coefficient (Wildman–Crippen LogP) is 7.15. The van der Waals surface area contributed by atoms with Crippen LogP contribution in [-0.4, -0.2) is 39.3 Å². The molecule has 0 aliphatic carbocycles. The van der Waals surface area contributed by atoms with E-state index in [0.717, 1.165) is 53.6 Å². The highest BCUT2D eigenvalue weighted by atomic mass is 16.6. The Kier molecular flexibility index (Phi) is 14.0. The molecule has 12 heteroatoms. The fourth-order valence-corrected chi connectivity index (χ4v) is 4.69. The van der Waals surface area contributed by atoms with Crippen LogP contribution in [0.2, 0.25) is 0 Å². The Hall–Kier alpha value is -5.39. The first-order valence-corrected chi connectivity index (χ1v) is 16.7. The van der Waals surface area contributed by atoms with Crippen LogP contribution in [0.3, 0.4) is 0 Å². The first-order valence-electron chi connectivity index (χ1n) is 16.7. The summed E-state index contributed by atoms with van der Waals surface area (Å²) in [6, 6.07) is 25.4. The predicted molar refractivity (Wildman–Crippen MR) is 192 cm³/mol. The van der Waals surface area contributed by atoms with Gasteiger partial charge in [0.1, 0.15) is 12.2 Å². The number of amides is 2. The van der Waals surface area contributed by atoms with Crippen LogP contribution >= 0.6 is 0 Å². The molecule has 0 bridgehead atoms. The molecule has 4 rings (SSSR count). The quantitative estimate of drug-likeness (QED) is 0.0734. The zero-order chi connectivity index (χ0) is 34.9. The number of nitrogens with zero attached hydrogens (tertiary/aromatic N) is 3. The maximum Gasteiger partial charge on any atom is 0.407 e. The van der Waals surface area contributed by atoms with Crippen molar-refractivity contribution in [2.75, 3.05) is 22.5 Å². The van der Waals surface area contributed by atoms with Crippen LogP contribution in [0.25, 0.3) is 0 Å². The summed E-state index contributed by atoms with van der Waals surface area (Å²) < 4.78 is 10.7. The number of hydrogen-bond acceptors (Lipinski definition) is 10. The molecular weight excluding hydrogens is 620 g/mol. The lowest BCUT2D eigenvalue weighted by molar-refractivity contribution is 0.0523. The molecule has 0 saturated heterocycles. The van der Waals surface area contributed by atoms with E-state index in [1.54, 1.807) is 0 Å². The van der Waals surface area contributed by atoms with Gasteiger partial charge in [-0.2, -0.15) is 15.0 Å². The van der Waals surface area contributed by atoms with E-state index in [2.05, 4.69) is 48.5 Å². The van der Waals surface area contributed by atoms with Crippen molar-refractivity contribution in [1.29, 1.82) is 0 Å². The van der Waals surface area contributed by atoms with Gasteiger partial charge in [-0.25, -0.2) is 9.59 Å². The minimum absolute atomic E-state index is 0.217. The lowest BCUT2D eigenvalue weighted by Crippen LogP contribution is -2.32. The Morgan fingerprint density at radius 2 is 1.10 bits per heavy atom. The van der Waals surface area contributed by atoms with Gasteiger partial charge in [-0.15, -0.1) is 0 Å². The van der Waals surface area contributed by atoms with E-state index in [0.29, 0.717) is 44.0 Å². The highest BCUT2D eigenvalue weighted by Crippen LogP contribution is 2.15. The second-order valence-electron chi connectivity index (χ2n) is 12.6. The van der Waals surface area contributed by atoms with Crippen molar-refractivity contribution >= 4 is 30.0 Å². The molecule has 0 radical (unpaired) electrons. The lowest BCUT2D eigenvalue weighted by Gasteiger charge is -2.19. The molecule has 5 N–H and O–H groups in total. The van der Waals surface area contributed by atoms with Gasteiger partial charge < -0.3 is 36.1 Å². The van der Waals surface area contributed by atoms with Gasteiger partial charge >= 0.3 is 12.2 Å². The zero-order valence-corrected chi connectivity index (χ0v) is 28.8. The zero-order valence-electron chi connectivity index (χ0n) is 28.8. The van der Waals surface area contributed by atoms with Crippen molar-refractivity contribution in [3.05, 3.63) is 107 Å². The average molecular weight is 669 g/mol. The fraction of sp³-hybridized carbons (Fsp3) is 0.378. The largest absolute Gasteiger partial charge is 0.445 e. The second kappa shape index (κ2) is 18.8. The maximum absolute atomic E-state index is 12.2. The van der Waals surface area contributed by atoms with E-state index in [1.165, 1.54) is 0 Å². The van der Waals surface area contributed by atoms with Crippen LogP contribution in [-0.2, 0) is 42.3 Å². The highest BCUT2D eigenvalue weighted by molar-refractivity contribution is 5.68. The normalized spacial score (nSPS) is 10.9. The van der Waals surface area contributed by atoms with Gasteiger partial charge in [-0.05, 0) is 55.0 Å². The van der Waals surface area contributed by atoms with Crippen LogP contribution in [0, 0.1) is 0 Å². The first kappa shape index (κ1) is 36.4. The van der Waals surface area contributed by atoms with Gasteiger partial charge in [0.05, 0.1) is 0 Å². The molecule has 1 aromatic heterocycles. The molecule has 0 atom stereocenters. The Balaban J connectivity index is 1.33. The number of aromatic nitrogens is 3. The monoisotopic (exact) mass is 668 g/mol. The van der Waals surface area contributed by atoms with E-state index >= 15 is 0 Å². The molecular formula is C37H48N8O4. The number of anilines is 3. The van der Waals surface area contributed by atoms with Crippen LogP contribution < -0.4 is 26.6 Å². The Morgan fingerprint density at radius 3 is 1.63 bits per heavy atom. The number of carbonyl (C=O) groups excluding carboxylic acids is 2. The summed E-state index contributed by atoms with van der Waals surface area (Å²) in [6.07, 6.45) is 2.32. The smallest absolute Gasteiger partial charge is 0.407 e. The standard InChI is InChI=1S/C37H48N8O4/c1-5-6-10-19-38-32-43-33(39-22-28-15-11-17-30(20-28)24-41-35(46)48-26-27-13-8-7-9-14-27)45-34(44-32)40-23-29-16-12-18-31(21-29)25-42-36(47)49-37(2,3)4/h7-9,11-18,20-21H,5-6,10,19,22-26H2,1-4H3,(H,41,46)(H,42,47)(H3,38,39,40,43,44,45). The molecule has 260 valence electrons. The summed E-state index contributed by atoms with van der Waals surface area (Å²) in [5.74, 6) is 1.34. The van der Waals surface area contributed by atoms with Crippen molar-refractivity contribution in [2.24, 2.45) is 0 Å². The van der Waals surface area contributed by atoms with Crippen molar-refractivity contribution in [3.8, 4) is 0 Å². The minimum atomic E-state index is -0.556. The molecule has 3 aromatic carbocycles. The molecule has 0 unspecified atom stereocenters. The topological polar surface area (TPSA) is 151 Å². The van der Waals surface area contributed by atoms with Crippen LogP contribution in [0.5, 0.6) is 0 Å². The molecule has 49 heavy (non-hydrogen) atoms. The van der Waals surface area contributed by atoms with Gasteiger partial charge in [0.25, 0.3) is 0 Å². The van der Waals surface area contributed by atoms with Gasteiger partial charge in [0.15, 0.2) is 0 Å². The van der Waals surface area contributed by atoms with Crippen LogP contribution in [0.15, 0.2) is 78.9 Å². The average Bonchev–Trinajstić information content (AvgIpc) is 3.09. The summed E-state index contributed by atoms with van der Waals surface area (Å²) in [4.78, 5) is 38.1. The van der Waals surface area contributed by atoms with E-state index in [1.807, 2.05) is 99.6 Å². The van der Waals surface area contributed by atoms with Crippen molar-refractivity contribution < 1.29 is 19.1 Å². The maximum atomic E-state index is 12.2. The molecule has 0 fully saturated rings. The molecule has 1 heterocycles. The van der Waals surface area contributed by atoms with E-state index in [-0.39, 0.29) is 6.61 Å². The van der Waals surface area contributed by atoms with Crippen LogP contribution in [0.1, 0.15) is 74.8 Å². The van der Waals surface area contributed by atoms with E-state index < -0.39 is 17.8 Å². The highest BCUT2D eigenvalue weighted by Gasteiger charge is 2.16. The number of carbonyl (C=O) groups is 2. The van der Waals surface area contributed by atoms with Crippen molar-refractivity contribution in [2.45, 2.75) is 85.3 Å². The third-order valence-corrected chi connectivity index (χ3v) is 7.07. The van der Waals surface area contributed by atoms with E-state index in [9.17, 15) is 9.59 Å². The summed E-state index contributed by atoms with van der Waals surface area (Å²) in [5, 5.41) is 15.6. The van der Waals surface area contributed by atoms with Crippen LogP contribution in [0.4, 0.5) is 27.4 Å². The Labute approximate surface area is 288 Å². The Morgan fingerprint density at radius 1 is 0.612 bits per heavy atom. The molecule has 12 nitrogen and oxygen atoms in total. The first-order chi connectivity index (χ1) is 23.6. The summed E-state index contributed by atoms with van der Waals surface area (Å²) in [7, 11) is 0. The number of hydrogen-bond donors (Lipinski definition) is 5. The summed E-state index contributed by atoms with van der Waals surface area (Å²) in [5.41, 5.74) is 4.27. The van der Waals surface area contributed by atoms with E-state index in [4.69, 9.17) is 9.47 Å². The van der Waals surface area contributed by atoms with Crippen molar-refractivity contribution in [3.63, 3.8) is 0 Å². The number of unbranched alkanes of at least 4 members (excludes halogenated alkanes) is 2.